The van der Waals surface area contributed by atoms with Crippen LogP contribution in [0.2, 0.25) is 0 Å². The highest BCUT2D eigenvalue weighted by molar-refractivity contribution is 5.78. The van der Waals surface area contributed by atoms with Crippen LogP contribution in [0.25, 0.3) is 0 Å². The Bertz CT molecular complexity index is 216. The van der Waals surface area contributed by atoms with Crippen LogP contribution < -0.4 is 10.6 Å². The normalized spacial score (nSPS) is 18.2. The maximum absolute atomic E-state index is 11.8. The second kappa shape index (κ2) is 8.44. The van der Waals surface area contributed by atoms with Gasteiger partial charge in [0.15, 0.2) is 0 Å². The summed E-state index contributed by atoms with van der Waals surface area (Å²) in [5.41, 5.74) is 0. The van der Waals surface area contributed by atoms with Gasteiger partial charge in [0.05, 0.1) is 6.61 Å². The van der Waals surface area contributed by atoms with Gasteiger partial charge in [-0.15, -0.1) is 0 Å². The number of rotatable bonds is 7. The van der Waals surface area contributed by atoms with Crippen molar-refractivity contribution in [2.24, 2.45) is 5.92 Å². The van der Waals surface area contributed by atoms with E-state index in [-0.39, 0.29) is 11.8 Å². The van der Waals surface area contributed by atoms with E-state index in [4.69, 9.17) is 4.74 Å². The fourth-order valence-electron chi connectivity index (χ4n) is 1.99. The van der Waals surface area contributed by atoms with Crippen LogP contribution in [0, 0.1) is 5.92 Å². The number of carbonyl (C=O) groups is 1. The van der Waals surface area contributed by atoms with E-state index in [0.717, 1.165) is 39.0 Å². The van der Waals surface area contributed by atoms with Crippen LogP contribution in [0.1, 0.15) is 12.8 Å². The molecule has 1 fully saturated rings. The fourth-order valence-corrected chi connectivity index (χ4v) is 1.99. The molecule has 1 rings (SSSR count). The molecule has 0 spiro atoms. The number of nitrogens with zero attached hydrogens (tertiary/aromatic N) is 1. The molecule has 0 saturated carbocycles. The zero-order valence-corrected chi connectivity index (χ0v) is 11.0. The molecule has 0 aromatic carbocycles. The van der Waals surface area contributed by atoms with E-state index in [1.165, 1.54) is 0 Å². The lowest BCUT2D eigenvalue weighted by atomic mass is 9.96. The standard InChI is InChI=1S/C12H25N3O2/c1-15-8-3-11(4-9-15)12(16)14-6-5-13-7-10-17-2/h11,13H,3-10H2,1-2H3,(H,14,16). The number of methoxy groups -OCH3 is 1. The third-order valence-corrected chi connectivity index (χ3v) is 3.17. The van der Waals surface area contributed by atoms with Gasteiger partial charge in [0.1, 0.15) is 0 Å². The van der Waals surface area contributed by atoms with Crippen LogP contribution >= 0.6 is 0 Å². The zero-order valence-electron chi connectivity index (χ0n) is 11.0. The summed E-state index contributed by atoms with van der Waals surface area (Å²) in [6, 6.07) is 0. The molecule has 1 aliphatic heterocycles. The molecule has 0 aliphatic carbocycles. The molecule has 0 radical (unpaired) electrons. The van der Waals surface area contributed by atoms with Crippen molar-refractivity contribution in [3.8, 4) is 0 Å². The summed E-state index contributed by atoms with van der Waals surface area (Å²) in [6.07, 6.45) is 1.97. The van der Waals surface area contributed by atoms with Gasteiger partial charge in [-0.1, -0.05) is 0 Å². The summed E-state index contributed by atoms with van der Waals surface area (Å²) in [5, 5.41) is 6.19. The van der Waals surface area contributed by atoms with Gasteiger partial charge < -0.3 is 20.3 Å². The minimum absolute atomic E-state index is 0.213. The Morgan fingerprint density at radius 2 is 2.00 bits per heavy atom. The third kappa shape index (κ3) is 6.00. The van der Waals surface area contributed by atoms with Gasteiger partial charge in [-0.05, 0) is 33.0 Å². The summed E-state index contributed by atoms with van der Waals surface area (Å²) >= 11 is 0. The Hall–Kier alpha value is -0.650. The Labute approximate surface area is 104 Å². The molecule has 5 heteroatoms. The molecular formula is C12H25N3O2. The van der Waals surface area contributed by atoms with Crippen LogP contribution in [0.4, 0.5) is 0 Å². The van der Waals surface area contributed by atoms with E-state index < -0.39 is 0 Å². The van der Waals surface area contributed by atoms with Crippen molar-refractivity contribution in [2.75, 3.05) is 53.5 Å². The first-order chi connectivity index (χ1) is 8.24. The number of nitrogens with one attached hydrogen (secondary N) is 2. The van der Waals surface area contributed by atoms with Crippen molar-refractivity contribution in [3.63, 3.8) is 0 Å². The van der Waals surface area contributed by atoms with E-state index in [2.05, 4.69) is 22.6 Å². The SMILES string of the molecule is COCCNCCNC(=O)C1CCN(C)CC1. The molecule has 0 bridgehead atoms. The van der Waals surface area contributed by atoms with Gasteiger partial charge in [-0.3, -0.25) is 4.79 Å². The van der Waals surface area contributed by atoms with Gasteiger partial charge in [0.25, 0.3) is 0 Å². The van der Waals surface area contributed by atoms with E-state index in [1.54, 1.807) is 7.11 Å². The highest BCUT2D eigenvalue weighted by Crippen LogP contribution is 2.15. The van der Waals surface area contributed by atoms with Crippen molar-refractivity contribution >= 4 is 5.91 Å². The minimum Gasteiger partial charge on any atom is -0.383 e. The molecule has 5 nitrogen and oxygen atoms in total. The minimum atomic E-state index is 0.213. The molecule has 0 aromatic rings. The predicted molar refractivity (Wildman–Crippen MR) is 68.0 cm³/mol. The Kier molecular flexibility index (Phi) is 7.16. The first kappa shape index (κ1) is 14.4. The first-order valence-electron chi connectivity index (χ1n) is 6.40. The molecular weight excluding hydrogens is 218 g/mol. The number of likely N-dealkylation sites (tertiary alicyclic amines) is 1. The predicted octanol–water partition coefficient (Wildman–Crippen LogP) is -0.320. The summed E-state index contributed by atoms with van der Waals surface area (Å²) in [5.74, 6) is 0.428. The Morgan fingerprint density at radius 1 is 1.29 bits per heavy atom. The first-order valence-corrected chi connectivity index (χ1v) is 6.40. The van der Waals surface area contributed by atoms with Crippen LogP contribution in [0.5, 0.6) is 0 Å². The molecule has 0 aromatic heterocycles. The van der Waals surface area contributed by atoms with Crippen LogP contribution in [-0.2, 0) is 9.53 Å². The highest BCUT2D eigenvalue weighted by Gasteiger charge is 2.22. The van der Waals surface area contributed by atoms with Crippen molar-refractivity contribution in [1.29, 1.82) is 0 Å². The number of ether oxygens (including phenoxy) is 1. The quantitative estimate of drug-likeness (QED) is 0.602. The van der Waals surface area contributed by atoms with Gasteiger partial charge in [-0.2, -0.15) is 0 Å². The summed E-state index contributed by atoms with van der Waals surface area (Å²) in [4.78, 5) is 14.1. The molecule has 1 amide bonds. The highest BCUT2D eigenvalue weighted by atomic mass is 16.5. The maximum Gasteiger partial charge on any atom is 0.223 e. The fraction of sp³-hybridized carbons (Fsp3) is 0.917. The number of amides is 1. The number of hydrogen-bond donors (Lipinski definition) is 2. The molecule has 1 heterocycles. The summed E-state index contributed by atoms with van der Waals surface area (Å²) in [7, 11) is 3.79. The van der Waals surface area contributed by atoms with E-state index >= 15 is 0 Å². The van der Waals surface area contributed by atoms with Crippen molar-refractivity contribution in [1.82, 2.24) is 15.5 Å². The van der Waals surface area contributed by atoms with Crippen LogP contribution in [0.15, 0.2) is 0 Å². The largest absolute Gasteiger partial charge is 0.383 e. The average molecular weight is 243 g/mol. The Morgan fingerprint density at radius 3 is 2.65 bits per heavy atom. The van der Waals surface area contributed by atoms with Gasteiger partial charge in [0.2, 0.25) is 5.91 Å². The lowest BCUT2D eigenvalue weighted by Crippen LogP contribution is -2.41. The molecule has 1 aliphatic rings. The number of carbonyl (C=O) groups excluding carboxylic acids is 1. The Balaban J connectivity index is 2.01. The number of piperidine rings is 1. The topological polar surface area (TPSA) is 53.6 Å². The van der Waals surface area contributed by atoms with E-state index in [0.29, 0.717) is 13.2 Å². The molecule has 1 saturated heterocycles. The molecule has 17 heavy (non-hydrogen) atoms. The maximum atomic E-state index is 11.8. The molecule has 0 unspecified atom stereocenters. The molecule has 0 atom stereocenters. The van der Waals surface area contributed by atoms with E-state index in [1.807, 2.05) is 0 Å². The second-order valence-electron chi connectivity index (χ2n) is 4.61. The van der Waals surface area contributed by atoms with E-state index in [9.17, 15) is 4.79 Å². The third-order valence-electron chi connectivity index (χ3n) is 3.17. The zero-order chi connectivity index (χ0) is 12.5. The van der Waals surface area contributed by atoms with Crippen molar-refractivity contribution in [2.45, 2.75) is 12.8 Å². The summed E-state index contributed by atoms with van der Waals surface area (Å²) in [6.45, 7) is 5.12. The van der Waals surface area contributed by atoms with Crippen molar-refractivity contribution in [3.05, 3.63) is 0 Å². The van der Waals surface area contributed by atoms with Gasteiger partial charge in [-0.25, -0.2) is 0 Å². The van der Waals surface area contributed by atoms with Gasteiger partial charge >= 0.3 is 0 Å². The smallest absolute Gasteiger partial charge is 0.223 e. The molecule has 2 N–H and O–H groups in total. The number of hydrogen-bond acceptors (Lipinski definition) is 4. The lowest BCUT2D eigenvalue weighted by Gasteiger charge is -2.28. The van der Waals surface area contributed by atoms with Crippen molar-refractivity contribution < 1.29 is 9.53 Å². The second-order valence-corrected chi connectivity index (χ2v) is 4.61. The monoisotopic (exact) mass is 243 g/mol. The average Bonchev–Trinajstić information content (AvgIpc) is 2.34. The lowest BCUT2D eigenvalue weighted by molar-refractivity contribution is -0.126. The molecule has 100 valence electrons. The van der Waals surface area contributed by atoms with Crippen LogP contribution in [-0.4, -0.2) is 64.3 Å². The van der Waals surface area contributed by atoms with Crippen LogP contribution in [0.3, 0.4) is 0 Å². The van der Waals surface area contributed by atoms with Gasteiger partial charge in [0, 0.05) is 32.7 Å². The summed E-state index contributed by atoms with van der Waals surface area (Å²) < 4.78 is 4.92.